The molecule has 0 aromatic heterocycles. The lowest BCUT2D eigenvalue weighted by molar-refractivity contribution is -0.136. The van der Waals surface area contributed by atoms with E-state index in [4.69, 9.17) is 30.9 Å². The van der Waals surface area contributed by atoms with Gasteiger partial charge in [0.1, 0.15) is 17.3 Å². The highest BCUT2D eigenvalue weighted by Crippen LogP contribution is 2.35. The van der Waals surface area contributed by atoms with E-state index >= 15 is 0 Å². The van der Waals surface area contributed by atoms with Crippen molar-refractivity contribution in [1.29, 1.82) is 0 Å². The lowest BCUT2D eigenvalue weighted by Gasteiger charge is -2.18. The summed E-state index contributed by atoms with van der Waals surface area (Å²) in [5.74, 6) is 1.04. The van der Waals surface area contributed by atoms with Crippen molar-refractivity contribution in [2.24, 2.45) is 0 Å². The summed E-state index contributed by atoms with van der Waals surface area (Å²) in [5, 5.41) is 9.42. The number of halogens is 2. The number of hydrogen-bond acceptors (Lipinski definition) is 4. The number of hydrogen-bond donors (Lipinski definition) is 1. The van der Waals surface area contributed by atoms with Gasteiger partial charge in [0.15, 0.2) is 11.5 Å². The van der Waals surface area contributed by atoms with Gasteiger partial charge in [0.2, 0.25) is 0 Å². The largest absolute Gasteiger partial charge is 0.493 e. The van der Waals surface area contributed by atoms with Crippen LogP contribution in [0, 0.1) is 5.82 Å². The molecule has 0 bridgehead atoms. The molecule has 0 fully saturated rings. The van der Waals surface area contributed by atoms with Crippen molar-refractivity contribution >= 4 is 17.6 Å². The minimum absolute atomic E-state index is 0.111. The first-order chi connectivity index (χ1) is 16.3. The number of aliphatic carboxylic acids is 1. The molecule has 3 aromatic carbocycles. The van der Waals surface area contributed by atoms with E-state index < -0.39 is 5.97 Å². The Balaban J connectivity index is 1.56. The van der Waals surface area contributed by atoms with Gasteiger partial charge in [0, 0.05) is 23.9 Å². The molecule has 0 saturated carbocycles. The number of ether oxygens (including phenoxy) is 3. The summed E-state index contributed by atoms with van der Waals surface area (Å²) in [6.07, 6.45) is 1.88. The van der Waals surface area contributed by atoms with Crippen molar-refractivity contribution in [2.75, 3.05) is 6.61 Å². The molecule has 3 rings (SSSR count). The molecule has 0 aliphatic heterocycles. The van der Waals surface area contributed by atoms with Crippen LogP contribution in [-0.2, 0) is 17.6 Å². The van der Waals surface area contributed by atoms with E-state index in [9.17, 15) is 9.18 Å². The van der Waals surface area contributed by atoms with Crippen LogP contribution < -0.4 is 14.2 Å². The molecule has 0 heterocycles. The molecule has 5 nitrogen and oxygen atoms in total. The Labute approximate surface area is 204 Å². The monoisotopic (exact) mass is 486 g/mol. The van der Waals surface area contributed by atoms with E-state index in [-0.39, 0.29) is 18.3 Å². The molecule has 3 aromatic rings. The number of carboxylic acids is 1. The smallest absolute Gasteiger partial charge is 0.303 e. The van der Waals surface area contributed by atoms with E-state index in [2.05, 4.69) is 0 Å². The average molecular weight is 487 g/mol. The van der Waals surface area contributed by atoms with E-state index in [0.717, 1.165) is 23.3 Å². The van der Waals surface area contributed by atoms with Crippen LogP contribution in [-0.4, -0.2) is 23.8 Å². The zero-order valence-corrected chi connectivity index (χ0v) is 20.0. The van der Waals surface area contributed by atoms with E-state index in [0.29, 0.717) is 41.7 Å². The van der Waals surface area contributed by atoms with Crippen LogP contribution in [0.25, 0.3) is 0 Å². The zero-order valence-electron chi connectivity index (χ0n) is 19.2. The van der Waals surface area contributed by atoms with Crippen LogP contribution in [0.4, 0.5) is 4.39 Å². The fourth-order valence-corrected chi connectivity index (χ4v) is 3.58. The highest BCUT2D eigenvalue weighted by molar-refractivity contribution is 6.30. The van der Waals surface area contributed by atoms with Gasteiger partial charge in [-0.15, -0.1) is 0 Å². The van der Waals surface area contributed by atoms with Gasteiger partial charge in [-0.2, -0.15) is 0 Å². The van der Waals surface area contributed by atoms with Crippen LogP contribution in [0.5, 0.6) is 23.0 Å². The van der Waals surface area contributed by atoms with Crippen LogP contribution in [0.1, 0.15) is 37.8 Å². The molecule has 0 aliphatic rings. The van der Waals surface area contributed by atoms with Crippen molar-refractivity contribution in [1.82, 2.24) is 0 Å². The quantitative estimate of drug-likeness (QED) is 0.296. The Morgan fingerprint density at radius 3 is 2.44 bits per heavy atom. The maximum atomic E-state index is 13.2. The van der Waals surface area contributed by atoms with Gasteiger partial charge in [-0.25, -0.2) is 4.39 Å². The molecule has 0 unspecified atom stereocenters. The third kappa shape index (κ3) is 7.66. The number of carbonyl (C=O) groups is 1. The van der Waals surface area contributed by atoms with Crippen molar-refractivity contribution < 1.29 is 28.5 Å². The fourth-order valence-electron chi connectivity index (χ4n) is 3.41. The van der Waals surface area contributed by atoms with Crippen LogP contribution in [0.15, 0.2) is 60.7 Å². The number of carboxylic acid groups (broad SMARTS) is 1. The summed E-state index contributed by atoms with van der Waals surface area (Å²) in [7, 11) is 0. The van der Waals surface area contributed by atoms with Crippen molar-refractivity contribution in [2.45, 2.75) is 45.6 Å². The summed E-state index contributed by atoms with van der Waals surface area (Å²) in [5.41, 5.74) is 2.12. The molecule has 1 N–H and O–H groups in total. The molecule has 34 heavy (non-hydrogen) atoms. The summed E-state index contributed by atoms with van der Waals surface area (Å²) in [6, 6.07) is 16.6. The van der Waals surface area contributed by atoms with Gasteiger partial charge in [0.25, 0.3) is 0 Å². The topological polar surface area (TPSA) is 65.0 Å². The highest BCUT2D eigenvalue weighted by atomic mass is 35.5. The zero-order chi connectivity index (χ0) is 24.5. The van der Waals surface area contributed by atoms with Crippen molar-refractivity contribution in [3.8, 4) is 23.0 Å². The first-order valence-electron chi connectivity index (χ1n) is 11.2. The van der Waals surface area contributed by atoms with Gasteiger partial charge in [0.05, 0.1) is 12.7 Å². The standard InChI is InChI=1S/C27H28ClFO5/c1-3-19-16-24(9-4-20(19)5-13-27(30)31)32-15-14-18(2)33-25-12-6-21(28)17-26(25)34-23-10-7-22(29)8-11-23/h4,6-12,16-18H,3,5,13-15H2,1-2H3,(H,30,31)/t18-/m0/s1. The summed E-state index contributed by atoms with van der Waals surface area (Å²) in [6.45, 7) is 4.42. The lowest BCUT2D eigenvalue weighted by atomic mass is 10.0. The molecular weight excluding hydrogens is 459 g/mol. The number of aryl methyl sites for hydroxylation is 2. The second-order valence-electron chi connectivity index (χ2n) is 7.89. The molecule has 0 radical (unpaired) electrons. The van der Waals surface area contributed by atoms with Gasteiger partial charge in [-0.3, -0.25) is 4.79 Å². The van der Waals surface area contributed by atoms with Gasteiger partial charge in [-0.1, -0.05) is 24.6 Å². The van der Waals surface area contributed by atoms with E-state index in [1.54, 1.807) is 18.2 Å². The SMILES string of the molecule is CCc1cc(OCC[C@H](C)Oc2ccc(Cl)cc2Oc2ccc(F)cc2)ccc1CCC(=O)O. The number of rotatable bonds is 12. The molecule has 0 spiro atoms. The highest BCUT2D eigenvalue weighted by Gasteiger charge is 2.13. The van der Waals surface area contributed by atoms with Crippen molar-refractivity contribution in [3.63, 3.8) is 0 Å². The average Bonchev–Trinajstić information content (AvgIpc) is 2.81. The Morgan fingerprint density at radius 2 is 1.74 bits per heavy atom. The van der Waals surface area contributed by atoms with Crippen molar-refractivity contribution in [3.05, 3.63) is 82.6 Å². The minimum atomic E-state index is -0.803. The molecule has 0 saturated heterocycles. The Morgan fingerprint density at radius 1 is 1.00 bits per heavy atom. The second kappa shape index (κ2) is 12.3. The van der Waals surface area contributed by atoms with Gasteiger partial charge in [-0.05, 0) is 79.4 Å². The van der Waals surface area contributed by atoms with Crippen LogP contribution in [0.3, 0.4) is 0 Å². The van der Waals surface area contributed by atoms with Gasteiger partial charge >= 0.3 is 5.97 Å². The Bertz CT molecular complexity index is 1100. The molecule has 1 atom stereocenters. The molecule has 0 aliphatic carbocycles. The third-order valence-electron chi connectivity index (χ3n) is 5.24. The van der Waals surface area contributed by atoms with E-state index in [1.807, 2.05) is 32.0 Å². The summed E-state index contributed by atoms with van der Waals surface area (Å²) < 4.78 is 31.0. The second-order valence-corrected chi connectivity index (χ2v) is 8.33. The summed E-state index contributed by atoms with van der Waals surface area (Å²) >= 11 is 6.12. The third-order valence-corrected chi connectivity index (χ3v) is 5.47. The predicted octanol–water partition coefficient (Wildman–Crippen LogP) is 7.09. The van der Waals surface area contributed by atoms with Crippen LogP contribution >= 0.6 is 11.6 Å². The van der Waals surface area contributed by atoms with Crippen LogP contribution in [0.2, 0.25) is 5.02 Å². The first-order valence-corrected chi connectivity index (χ1v) is 11.6. The Hall–Kier alpha value is -3.25. The lowest BCUT2D eigenvalue weighted by Crippen LogP contribution is -2.16. The molecule has 180 valence electrons. The fraction of sp³-hybridized carbons (Fsp3) is 0.296. The first kappa shape index (κ1) is 25.4. The molecular formula is C27H28ClFO5. The molecule has 7 heteroatoms. The van der Waals surface area contributed by atoms with Gasteiger partial charge < -0.3 is 19.3 Å². The minimum Gasteiger partial charge on any atom is -0.493 e. The predicted molar refractivity (Wildman–Crippen MR) is 130 cm³/mol. The normalized spacial score (nSPS) is 11.6. The summed E-state index contributed by atoms with van der Waals surface area (Å²) in [4.78, 5) is 10.9. The Kier molecular flexibility index (Phi) is 9.16. The number of benzene rings is 3. The molecule has 0 amide bonds. The maximum absolute atomic E-state index is 13.2. The van der Waals surface area contributed by atoms with E-state index in [1.165, 1.54) is 24.3 Å². The maximum Gasteiger partial charge on any atom is 0.303 e.